The van der Waals surface area contributed by atoms with Crippen molar-refractivity contribution in [3.05, 3.63) is 101 Å². The molecule has 3 aromatic rings. The molecule has 1 N–H and O–H groups in total. The van der Waals surface area contributed by atoms with Crippen LogP contribution in [0.3, 0.4) is 0 Å². The topological polar surface area (TPSA) is 66.5 Å². The number of nitrogens with one attached hydrogen (secondary N) is 1. The lowest BCUT2D eigenvalue weighted by Crippen LogP contribution is -2.42. The first-order valence-electron chi connectivity index (χ1n) is 9.70. The lowest BCUT2D eigenvalue weighted by molar-refractivity contribution is -0.120. The summed E-state index contributed by atoms with van der Waals surface area (Å²) in [6, 6.07) is 24.4. The van der Waals surface area contributed by atoms with Crippen LogP contribution in [0.4, 0.5) is 5.69 Å². The highest BCUT2D eigenvalue weighted by Crippen LogP contribution is 2.27. The second-order valence-electron chi connectivity index (χ2n) is 7.33. The molecule has 0 heterocycles. The predicted octanol–water partition coefficient (Wildman–Crippen LogP) is 3.98. The smallest absolute Gasteiger partial charge is 0.241 e. The van der Waals surface area contributed by atoms with Crippen LogP contribution in [0.5, 0.6) is 0 Å². The molecule has 0 bridgehead atoms. The molecule has 0 fully saturated rings. The summed E-state index contributed by atoms with van der Waals surface area (Å²) in [6.07, 6.45) is 1.12. The Balaban J connectivity index is 1.92. The number of nitrogens with zero attached hydrogens (tertiary/aromatic N) is 1. The van der Waals surface area contributed by atoms with Gasteiger partial charge in [-0.05, 0) is 36.1 Å². The lowest BCUT2D eigenvalue weighted by atomic mass is 9.99. The fourth-order valence-electron chi connectivity index (χ4n) is 3.55. The molecule has 3 rings (SSSR count). The van der Waals surface area contributed by atoms with E-state index in [4.69, 9.17) is 0 Å². The maximum Gasteiger partial charge on any atom is 0.241 e. The molecule has 0 saturated carbocycles. The molecule has 156 valence electrons. The zero-order valence-corrected chi connectivity index (χ0v) is 18.2. The van der Waals surface area contributed by atoms with Crippen molar-refractivity contribution in [2.45, 2.75) is 19.9 Å². The van der Waals surface area contributed by atoms with Crippen molar-refractivity contribution in [1.29, 1.82) is 0 Å². The third kappa shape index (κ3) is 5.07. The van der Waals surface area contributed by atoms with E-state index in [1.165, 1.54) is 4.31 Å². The Morgan fingerprint density at radius 3 is 1.73 bits per heavy atom. The molecule has 6 heteroatoms. The van der Waals surface area contributed by atoms with E-state index in [-0.39, 0.29) is 18.5 Å². The quantitative estimate of drug-likeness (QED) is 0.626. The molecule has 0 radical (unpaired) electrons. The van der Waals surface area contributed by atoms with Crippen LogP contribution in [0.2, 0.25) is 0 Å². The molecule has 0 aliphatic heterocycles. The maximum atomic E-state index is 13.0. The van der Waals surface area contributed by atoms with E-state index in [1.807, 2.05) is 92.7 Å². The van der Waals surface area contributed by atoms with E-state index < -0.39 is 10.0 Å². The fourth-order valence-corrected chi connectivity index (χ4v) is 4.52. The minimum Gasteiger partial charge on any atom is -0.344 e. The van der Waals surface area contributed by atoms with Gasteiger partial charge in [-0.25, -0.2) is 8.42 Å². The summed E-state index contributed by atoms with van der Waals surface area (Å²) in [5.74, 6) is -0.374. The van der Waals surface area contributed by atoms with Gasteiger partial charge in [0.05, 0.1) is 18.0 Å². The summed E-state index contributed by atoms with van der Waals surface area (Å²) in [6.45, 7) is 3.39. The summed E-state index contributed by atoms with van der Waals surface area (Å²) in [5.41, 5.74) is 4.00. The zero-order valence-electron chi connectivity index (χ0n) is 17.4. The highest BCUT2D eigenvalue weighted by atomic mass is 32.2. The van der Waals surface area contributed by atoms with Gasteiger partial charge in [0.2, 0.25) is 15.9 Å². The summed E-state index contributed by atoms with van der Waals surface area (Å²) >= 11 is 0. The molecular weight excluding hydrogens is 396 g/mol. The predicted molar refractivity (Wildman–Crippen MR) is 121 cm³/mol. The summed E-state index contributed by atoms with van der Waals surface area (Å²) in [7, 11) is -3.65. The van der Waals surface area contributed by atoms with Crippen LogP contribution in [0.15, 0.2) is 78.9 Å². The minimum atomic E-state index is -3.65. The van der Waals surface area contributed by atoms with E-state index in [0.717, 1.165) is 28.5 Å². The van der Waals surface area contributed by atoms with Crippen LogP contribution < -0.4 is 9.62 Å². The first kappa shape index (κ1) is 21.6. The highest BCUT2D eigenvalue weighted by Gasteiger charge is 2.25. The number of rotatable bonds is 7. The number of hydrogen-bond acceptors (Lipinski definition) is 3. The van der Waals surface area contributed by atoms with Gasteiger partial charge in [-0.2, -0.15) is 0 Å². The number of aryl methyl sites for hydroxylation is 2. The van der Waals surface area contributed by atoms with Crippen molar-refractivity contribution in [2.75, 3.05) is 17.1 Å². The number of amides is 1. The second-order valence-corrected chi connectivity index (χ2v) is 9.24. The Morgan fingerprint density at radius 2 is 1.30 bits per heavy atom. The average molecular weight is 423 g/mol. The Bertz CT molecular complexity index is 1050. The third-order valence-corrected chi connectivity index (χ3v) is 6.06. The Morgan fingerprint density at radius 1 is 0.833 bits per heavy atom. The molecule has 0 aromatic heterocycles. The van der Waals surface area contributed by atoms with Gasteiger partial charge in [-0.15, -0.1) is 0 Å². The van der Waals surface area contributed by atoms with Crippen LogP contribution in [-0.2, 0) is 14.8 Å². The number of carbonyl (C=O) groups is 1. The van der Waals surface area contributed by atoms with Crippen LogP contribution >= 0.6 is 0 Å². The van der Waals surface area contributed by atoms with E-state index in [1.54, 1.807) is 0 Å². The van der Waals surface area contributed by atoms with Crippen LogP contribution in [0.1, 0.15) is 28.3 Å². The molecule has 1 amide bonds. The van der Waals surface area contributed by atoms with Crippen LogP contribution in [-0.4, -0.2) is 27.1 Å². The third-order valence-electron chi connectivity index (χ3n) is 4.95. The van der Waals surface area contributed by atoms with Gasteiger partial charge in [-0.3, -0.25) is 9.10 Å². The standard InChI is InChI=1S/C24H26N2O3S/c1-18-11-10-12-19(2)24(18)26(30(3,28)29)17-22(27)25-23(20-13-6-4-7-14-20)21-15-8-5-9-16-21/h4-16,23H,17H2,1-3H3,(H,25,27). The largest absolute Gasteiger partial charge is 0.344 e. The molecule has 0 aliphatic carbocycles. The Hall–Kier alpha value is -3.12. The van der Waals surface area contributed by atoms with E-state index in [9.17, 15) is 13.2 Å². The van der Waals surface area contributed by atoms with Crippen molar-refractivity contribution in [2.24, 2.45) is 0 Å². The molecule has 0 saturated heterocycles. The summed E-state index contributed by atoms with van der Waals surface area (Å²) in [5, 5.41) is 3.02. The average Bonchev–Trinajstić information content (AvgIpc) is 2.72. The monoisotopic (exact) mass is 422 g/mol. The normalized spacial score (nSPS) is 11.3. The van der Waals surface area contributed by atoms with Crippen molar-refractivity contribution >= 4 is 21.6 Å². The van der Waals surface area contributed by atoms with E-state index >= 15 is 0 Å². The molecule has 0 aliphatic rings. The van der Waals surface area contributed by atoms with Crippen molar-refractivity contribution in [3.8, 4) is 0 Å². The summed E-state index contributed by atoms with van der Waals surface area (Å²) in [4.78, 5) is 13.0. The van der Waals surface area contributed by atoms with Gasteiger partial charge in [0.25, 0.3) is 0 Å². The number of sulfonamides is 1. The van der Waals surface area contributed by atoms with Gasteiger partial charge in [0, 0.05) is 0 Å². The van der Waals surface area contributed by atoms with Gasteiger partial charge in [-0.1, -0.05) is 78.9 Å². The van der Waals surface area contributed by atoms with Gasteiger partial charge in [0.1, 0.15) is 6.54 Å². The van der Waals surface area contributed by atoms with Crippen molar-refractivity contribution < 1.29 is 13.2 Å². The highest BCUT2D eigenvalue weighted by molar-refractivity contribution is 7.92. The first-order chi connectivity index (χ1) is 14.3. The van der Waals surface area contributed by atoms with Gasteiger partial charge >= 0.3 is 0 Å². The maximum absolute atomic E-state index is 13.0. The molecule has 5 nitrogen and oxygen atoms in total. The van der Waals surface area contributed by atoms with E-state index in [0.29, 0.717) is 5.69 Å². The molecule has 0 spiro atoms. The first-order valence-corrected chi connectivity index (χ1v) is 11.6. The van der Waals surface area contributed by atoms with Crippen LogP contribution in [0, 0.1) is 13.8 Å². The number of para-hydroxylation sites is 1. The number of benzene rings is 3. The summed E-state index contributed by atoms with van der Waals surface area (Å²) < 4.78 is 26.3. The molecular formula is C24H26N2O3S. The number of carbonyl (C=O) groups excluding carboxylic acids is 1. The SMILES string of the molecule is Cc1cccc(C)c1N(CC(=O)NC(c1ccccc1)c1ccccc1)S(C)(=O)=O. The molecule has 0 atom stereocenters. The number of hydrogen-bond donors (Lipinski definition) is 1. The van der Waals surface area contributed by atoms with E-state index in [2.05, 4.69) is 5.32 Å². The number of anilines is 1. The van der Waals surface area contributed by atoms with Crippen LogP contribution in [0.25, 0.3) is 0 Å². The lowest BCUT2D eigenvalue weighted by Gasteiger charge is -2.27. The Kier molecular flexibility index (Phi) is 6.57. The second kappa shape index (κ2) is 9.13. The van der Waals surface area contributed by atoms with Crippen molar-refractivity contribution in [1.82, 2.24) is 5.32 Å². The molecule has 0 unspecified atom stereocenters. The minimum absolute atomic E-state index is 0.291. The fraction of sp³-hybridized carbons (Fsp3) is 0.208. The Labute approximate surface area is 178 Å². The zero-order chi connectivity index (χ0) is 21.7. The molecule has 3 aromatic carbocycles. The van der Waals surface area contributed by atoms with Crippen molar-refractivity contribution in [3.63, 3.8) is 0 Å². The molecule has 30 heavy (non-hydrogen) atoms. The van der Waals surface area contributed by atoms with Gasteiger partial charge in [0.15, 0.2) is 0 Å². The van der Waals surface area contributed by atoms with Gasteiger partial charge < -0.3 is 5.32 Å².